The molecule has 2 rings (SSSR count). The third-order valence-electron chi connectivity index (χ3n) is 4.83. The Hall–Kier alpha value is -3.77. The van der Waals surface area contributed by atoms with E-state index >= 15 is 0 Å². The number of rotatable bonds is 7. The molecule has 2 unspecified atom stereocenters. The van der Waals surface area contributed by atoms with Gasteiger partial charge in [0.2, 0.25) is 0 Å². The maximum absolute atomic E-state index is 11.8. The van der Waals surface area contributed by atoms with Gasteiger partial charge in [-0.15, -0.1) is 0 Å². The molecule has 1 heterocycles. The molecule has 1 aromatic heterocycles. The molecule has 1 N–H and O–H groups in total. The Balaban J connectivity index is 0.000000311. The van der Waals surface area contributed by atoms with E-state index in [0.717, 1.165) is 18.5 Å². The van der Waals surface area contributed by atoms with Gasteiger partial charge in [-0.2, -0.15) is 0 Å². The second-order valence-corrected chi connectivity index (χ2v) is 6.93. The lowest BCUT2D eigenvalue weighted by atomic mass is 10.2. The lowest BCUT2D eigenvalue weighted by Crippen LogP contribution is -2.27. The summed E-state index contributed by atoms with van der Waals surface area (Å²) >= 11 is 0. The Morgan fingerprint density at radius 1 is 0.871 bits per heavy atom. The number of phenolic OH excluding ortho intramolecular Hbond substituents is 1. The third-order valence-corrected chi connectivity index (χ3v) is 4.83. The van der Waals surface area contributed by atoms with Crippen LogP contribution in [0.5, 0.6) is 5.75 Å². The first-order chi connectivity index (χ1) is 14.4. The van der Waals surface area contributed by atoms with Crippen LogP contribution in [0.15, 0.2) is 23.0 Å². The Bertz CT molecular complexity index is 1010. The number of nitro benzene ring substituents is 3. The van der Waals surface area contributed by atoms with Gasteiger partial charge in [-0.05, 0) is 33.6 Å². The largest absolute Gasteiger partial charge is 0.497 e. The van der Waals surface area contributed by atoms with Crippen LogP contribution < -0.4 is 5.56 Å². The molecule has 31 heavy (non-hydrogen) atoms. The third kappa shape index (κ3) is 5.65. The Kier molecular flexibility index (Phi) is 8.41. The molecule has 0 aliphatic carbocycles. The Labute approximate surface area is 177 Å². The summed E-state index contributed by atoms with van der Waals surface area (Å²) in [6.07, 6.45) is 2.03. The molecule has 2 atom stereocenters. The molecule has 0 saturated heterocycles. The highest BCUT2D eigenvalue weighted by molar-refractivity contribution is 5.64. The average molecular weight is 439 g/mol. The van der Waals surface area contributed by atoms with Crippen molar-refractivity contribution in [3.05, 3.63) is 64.6 Å². The lowest BCUT2D eigenvalue weighted by molar-refractivity contribution is -0.404. The molecule has 1 aromatic carbocycles. The zero-order valence-electron chi connectivity index (χ0n) is 17.8. The molecule has 2 aromatic rings. The predicted octanol–water partition coefficient (Wildman–Crippen LogP) is 4.02. The summed E-state index contributed by atoms with van der Waals surface area (Å²) < 4.78 is 4.03. The van der Waals surface area contributed by atoms with Crippen molar-refractivity contribution in [2.75, 3.05) is 0 Å². The fourth-order valence-corrected chi connectivity index (χ4v) is 2.90. The summed E-state index contributed by atoms with van der Waals surface area (Å²) in [6.45, 7) is 10.5. The van der Waals surface area contributed by atoms with Gasteiger partial charge in [0.25, 0.3) is 17.0 Å². The summed E-state index contributed by atoms with van der Waals surface area (Å²) in [4.78, 5) is 39.6. The van der Waals surface area contributed by atoms with E-state index in [1.54, 1.807) is 6.07 Å². The smallest absolute Gasteiger partial charge is 0.324 e. The minimum absolute atomic E-state index is 0.127. The molecular formula is C18H25N5O8. The van der Waals surface area contributed by atoms with Crippen LogP contribution in [0.25, 0.3) is 0 Å². The summed E-state index contributed by atoms with van der Waals surface area (Å²) in [5.74, 6) is -1.21. The molecule has 0 aliphatic rings. The van der Waals surface area contributed by atoms with Gasteiger partial charge < -0.3 is 5.11 Å². The summed E-state index contributed by atoms with van der Waals surface area (Å²) in [6, 6.07) is 3.30. The predicted molar refractivity (Wildman–Crippen MR) is 112 cm³/mol. The zero-order chi connectivity index (χ0) is 24.0. The minimum atomic E-state index is -1.21. The van der Waals surface area contributed by atoms with E-state index in [1.807, 2.05) is 11.6 Å². The van der Waals surface area contributed by atoms with Crippen LogP contribution in [0.3, 0.4) is 0 Å². The number of aromatic nitrogens is 2. The first-order valence-electron chi connectivity index (χ1n) is 9.48. The molecule has 0 fully saturated rings. The standard InChI is InChI=1S/C12H22N2O.C6H3N3O7/c1-6-9(3)13-11(5)8-12(15)14(13)10(4)7-2;10-6-4(8(13)14)1-3(7(11)12)2-5(6)9(15)16/h8-10H,6-7H2,1-5H3;1-2,10H. The number of hydrogen-bond donors (Lipinski definition) is 1. The van der Waals surface area contributed by atoms with Crippen molar-refractivity contribution in [1.82, 2.24) is 9.36 Å². The summed E-state index contributed by atoms with van der Waals surface area (Å²) in [5, 5.41) is 40.2. The molecule has 170 valence electrons. The second-order valence-electron chi connectivity index (χ2n) is 6.93. The first-order valence-corrected chi connectivity index (χ1v) is 9.48. The van der Waals surface area contributed by atoms with Gasteiger partial charge in [-0.25, -0.2) is 4.68 Å². The fourth-order valence-electron chi connectivity index (χ4n) is 2.90. The Morgan fingerprint density at radius 3 is 1.65 bits per heavy atom. The van der Waals surface area contributed by atoms with Gasteiger partial charge in [0, 0.05) is 17.8 Å². The topological polar surface area (TPSA) is 177 Å². The molecule has 13 nitrogen and oxygen atoms in total. The number of benzene rings is 1. The van der Waals surface area contributed by atoms with Crippen molar-refractivity contribution >= 4 is 17.1 Å². The van der Waals surface area contributed by atoms with Gasteiger partial charge in [-0.1, -0.05) is 13.8 Å². The van der Waals surface area contributed by atoms with Crippen molar-refractivity contribution in [2.45, 2.75) is 59.5 Å². The fraction of sp³-hybridized carbons (Fsp3) is 0.500. The van der Waals surface area contributed by atoms with Crippen molar-refractivity contribution in [3.8, 4) is 5.75 Å². The zero-order valence-corrected chi connectivity index (χ0v) is 17.8. The first kappa shape index (κ1) is 25.3. The number of hydrogen-bond acceptors (Lipinski definition) is 8. The number of nitrogens with zero attached hydrogens (tertiary/aromatic N) is 5. The molecule has 13 heteroatoms. The van der Waals surface area contributed by atoms with Crippen molar-refractivity contribution in [2.24, 2.45) is 0 Å². The minimum Gasteiger partial charge on any atom is -0.497 e. The molecule has 0 radical (unpaired) electrons. The van der Waals surface area contributed by atoms with Crippen LogP contribution >= 0.6 is 0 Å². The van der Waals surface area contributed by atoms with Crippen molar-refractivity contribution < 1.29 is 19.9 Å². The number of aromatic hydroxyl groups is 1. The van der Waals surface area contributed by atoms with E-state index in [9.17, 15) is 35.1 Å². The highest BCUT2D eigenvalue weighted by atomic mass is 16.6. The van der Waals surface area contributed by atoms with Crippen molar-refractivity contribution in [1.29, 1.82) is 0 Å². The molecule has 0 spiro atoms. The van der Waals surface area contributed by atoms with Gasteiger partial charge in [-0.3, -0.25) is 39.8 Å². The Morgan fingerprint density at radius 2 is 1.29 bits per heavy atom. The van der Waals surface area contributed by atoms with Crippen molar-refractivity contribution in [3.63, 3.8) is 0 Å². The van der Waals surface area contributed by atoms with Crippen LogP contribution in [-0.2, 0) is 0 Å². The van der Waals surface area contributed by atoms with E-state index in [-0.39, 0.29) is 11.6 Å². The van der Waals surface area contributed by atoms with E-state index in [0.29, 0.717) is 18.2 Å². The SMILES string of the molecule is CCC(C)n1c(C)cc(=O)n1C(C)CC.O=[N+]([O-])c1cc([N+](=O)[O-])c(O)c([N+](=O)[O-])c1. The maximum Gasteiger partial charge on any atom is 0.324 e. The molecule has 0 saturated carbocycles. The van der Waals surface area contributed by atoms with Gasteiger partial charge in [0.1, 0.15) is 0 Å². The molecular weight excluding hydrogens is 414 g/mol. The van der Waals surface area contributed by atoms with Gasteiger partial charge in [0.15, 0.2) is 0 Å². The van der Waals surface area contributed by atoms with Gasteiger partial charge >= 0.3 is 11.4 Å². The second kappa shape index (κ2) is 10.3. The molecule has 0 amide bonds. The van der Waals surface area contributed by atoms with Crippen LogP contribution in [0.4, 0.5) is 17.1 Å². The number of phenols is 1. The van der Waals surface area contributed by atoms with Crippen LogP contribution in [-0.4, -0.2) is 29.2 Å². The van der Waals surface area contributed by atoms with Crippen LogP contribution in [0, 0.1) is 37.3 Å². The number of nitro groups is 3. The van der Waals surface area contributed by atoms with E-state index < -0.39 is 37.6 Å². The monoisotopic (exact) mass is 439 g/mol. The molecule has 0 aliphatic heterocycles. The molecule has 0 bridgehead atoms. The number of aryl methyl sites for hydroxylation is 1. The summed E-state index contributed by atoms with van der Waals surface area (Å²) in [7, 11) is 0. The van der Waals surface area contributed by atoms with Gasteiger partial charge in [0.05, 0.1) is 32.9 Å². The van der Waals surface area contributed by atoms with Crippen LogP contribution in [0.2, 0.25) is 0 Å². The van der Waals surface area contributed by atoms with E-state index in [2.05, 4.69) is 32.4 Å². The average Bonchev–Trinajstić information content (AvgIpc) is 3.00. The number of non-ortho nitro benzene ring substituents is 1. The van der Waals surface area contributed by atoms with Crippen LogP contribution in [0.1, 0.15) is 58.3 Å². The highest BCUT2D eigenvalue weighted by Crippen LogP contribution is 2.38. The normalized spacial score (nSPS) is 12.4. The summed E-state index contributed by atoms with van der Waals surface area (Å²) in [5.41, 5.74) is -1.81. The quantitative estimate of drug-likeness (QED) is 0.496. The van der Waals surface area contributed by atoms with E-state index in [1.165, 1.54) is 0 Å². The highest BCUT2D eigenvalue weighted by Gasteiger charge is 2.30. The van der Waals surface area contributed by atoms with E-state index in [4.69, 9.17) is 5.11 Å². The maximum atomic E-state index is 11.8. The lowest BCUT2D eigenvalue weighted by Gasteiger charge is -2.23.